The van der Waals surface area contributed by atoms with E-state index in [9.17, 15) is 26.3 Å². The zero-order valence-corrected chi connectivity index (χ0v) is 14.9. The lowest BCUT2D eigenvalue weighted by Gasteiger charge is -2.07. The summed E-state index contributed by atoms with van der Waals surface area (Å²) in [5, 5.41) is 0.183. The molecule has 1 heterocycles. The number of allylic oxidation sites excluding steroid dienone is 1. The van der Waals surface area contributed by atoms with E-state index in [0.29, 0.717) is 5.57 Å². The van der Waals surface area contributed by atoms with Crippen LogP contribution in [0.5, 0.6) is 0 Å². The predicted molar refractivity (Wildman–Crippen MR) is 92.1 cm³/mol. The van der Waals surface area contributed by atoms with Crippen LogP contribution in [0.3, 0.4) is 0 Å². The maximum atomic E-state index is 12.8. The maximum absolute atomic E-state index is 12.8. The molecule has 0 spiro atoms. The SMILES string of the molecule is FC(F)(F)c1cccc(/C=C(/CBr)c2nc3cc(C(F)(F)F)ccc3o2)c1. The highest BCUT2D eigenvalue weighted by Gasteiger charge is 2.31. The van der Waals surface area contributed by atoms with E-state index in [1.807, 2.05) is 0 Å². The number of oxazole rings is 1. The Kier molecular flexibility index (Phi) is 5.07. The normalized spacial score (nSPS) is 13.4. The van der Waals surface area contributed by atoms with E-state index in [0.717, 1.165) is 30.3 Å². The summed E-state index contributed by atoms with van der Waals surface area (Å²) in [6.45, 7) is 0. The molecule has 142 valence electrons. The molecule has 0 aliphatic rings. The van der Waals surface area contributed by atoms with Gasteiger partial charge in [-0.2, -0.15) is 26.3 Å². The third-order valence-electron chi connectivity index (χ3n) is 3.69. The topological polar surface area (TPSA) is 26.0 Å². The zero-order chi connectivity index (χ0) is 19.8. The molecule has 0 amide bonds. The van der Waals surface area contributed by atoms with E-state index >= 15 is 0 Å². The van der Waals surface area contributed by atoms with Crippen LogP contribution in [0, 0.1) is 0 Å². The molecule has 0 saturated heterocycles. The molecule has 2 aromatic carbocycles. The fourth-order valence-electron chi connectivity index (χ4n) is 2.40. The van der Waals surface area contributed by atoms with Gasteiger partial charge in [-0.05, 0) is 42.0 Å². The van der Waals surface area contributed by atoms with Crippen molar-refractivity contribution in [3.05, 3.63) is 65.0 Å². The summed E-state index contributed by atoms with van der Waals surface area (Å²) in [4.78, 5) is 4.04. The lowest BCUT2D eigenvalue weighted by molar-refractivity contribution is -0.138. The van der Waals surface area contributed by atoms with E-state index < -0.39 is 23.5 Å². The number of hydrogen-bond donors (Lipinski definition) is 0. The van der Waals surface area contributed by atoms with Crippen molar-refractivity contribution in [1.29, 1.82) is 0 Å². The van der Waals surface area contributed by atoms with Gasteiger partial charge in [-0.15, -0.1) is 0 Å². The van der Waals surface area contributed by atoms with Crippen molar-refractivity contribution in [2.75, 3.05) is 5.33 Å². The minimum atomic E-state index is -4.51. The monoisotopic (exact) mass is 449 g/mol. The second-order valence-corrected chi connectivity index (χ2v) is 6.19. The molecule has 3 rings (SSSR count). The Hall–Kier alpha value is -2.29. The van der Waals surface area contributed by atoms with Crippen molar-refractivity contribution in [3.63, 3.8) is 0 Å². The van der Waals surface area contributed by atoms with Crippen LogP contribution >= 0.6 is 15.9 Å². The van der Waals surface area contributed by atoms with Crippen molar-refractivity contribution in [1.82, 2.24) is 4.98 Å². The van der Waals surface area contributed by atoms with Gasteiger partial charge in [0.2, 0.25) is 5.89 Å². The molecule has 0 saturated carbocycles. The Labute approximate surface area is 157 Å². The Morgan fingerprint density at radius 2 is 1.63 bits per heavy atom. The summed E-state index contributed by atoms with van der Waals surface area (Å²) >= 11 is 3.20. The van der Waals surface area contributed by atoms with Gasteiger partial charge in [0, 0.05) is 10.9 Å². The minimum Gasteiger partial charge on any atom is -0.436 e. The van der Waals surface area contributed by atoms with Crippen molar-refractivity contribution in [2.45, 2.75) is 12.4 Å². The molecule has 0 atom stereocenters. The number of alkyl halides is 7. The first kappa shape index (κ1) is 19.5. The highest BCUT2D eigenvalue weighted by molar-refractivity contribution is 9.09. The molecule has 0 aliphatic heterocycles. The molecule has 27 heavy (non-hydrogen) atoms. The van der Waals surface area contributed by atoms with Crippen LogP contribution in [0.15, 0.2) is 46.9 Å². The first-order valence-electron chi connectivity index (χ1n) is 7.50. The Balaban J connectivity index is 2.02. The molecule has 0 bridgehead atoms. The number of aromatic nitrogens is 1. The van der Waals surface area contributed by atoms with E-state index in [4.69, 9.17) is 4.42 Å². The van der Waals surface area contributed by atoms with Crippen molar-refractivity contribution in [3.8, 4) is 0 Å². The first-order chi connectivity index (χ1) is 12.6. The average Bonchev–Trinajstić information content (AvgIpc) is 3.01. The fourth-order valence-corrected chi connectivity index (χ4v) is 2.81. The molecular formula is C18H10BrF6NO. The Morgan fingerprint density at radius 3 is 2.26 bits per heavy atom. The summed E-state index contributed by atoms with van der Waals surface area (Å²) in [6, 6.07) is 7.55. The van der Waals surface area contributed by atoms with Gasteiger partial charge in [-0.1, -0.05) is 28.1 Å². The highest BCUT2D eigenvalue weighted by atomic mass is 79.9. The lowest BCUT2D eigenvalue weighted by atomic mass is 10.1. The number of rotatable bonds is 3. The molecule has 3 aromatic rings. The number of benzene rings is 2. The van der Waals surface area contributed by atoms with Gasteiger partial charge in [-0.3, -0.25) is 0 Å². The van der Waals surface area contributed by atoms with Gasteiger partial charge in [0.15, 0.2) is 5.58 Å². The van der Waals surface area contributed by atoms with Gasteiger partial charge in [-0.25, -0.2) is 4.98 Å². The predicted octanol–water partition coefficient (Wildman–Crippen LogP) is 6.80. The van der Waals surface area contributed by atoms with Gasteiger partial charge >= 0.3 is 12.4 Å². The van der Waals surface area contributed by atoms with Crippen LogP contribution in [0.2, 0.25) is 0 Å². The van der Waals surface area contributed by atoms with Crippen molar-refractivity contribution >= 4 is 38.7 Å². The number of hydrogen-bond acceptors (Lipinski definition) is 2. The van der Waals surface area contributed by atoms with Crippen LogP contribution in [0.1, 0.15) is 22.6 Å². The van der Waals surface area contributed by atoms with E-state index in [1.54, 1.807) is 0 Å². The van der Waals surface area contributed by atoms with Crippen molar-refractivity contribution < 1.29 is 30.8 Å². The Morgan fingerprint density at radius 1 is 0.963 bits per heavy atom. The summed E-state index contributed by atoms with van der Waals surface area (Å²) < 4.78 is 82.4. The quantitative estimate of drug-likeness (QED) is 0.324. The van der Waals surface area contributed by atoms with Crippen molar-refractivity contribution in [2.24, 2.45) is 0 Å². The van der Waals surface area contributed by atoms with Gasteiger partial charge in [0.25, 0.3) is 0 Å². The molecule has 0 radical (unpaired) electrons. The maximum Gasteiger partial charge on any atom is 0.416 e. The van der Waals surface area contributed by atoms with E-state index in [1.165, 1.54) is 18.2 Å². The second kappa shape index (κ2) is 7.03. The standard InChI is InChI=1S/C18H10BrF6NO/c19-9-11(6-10-2-1-3-12(7-10)17(20,21)22)16-26-14-8-13(18(23,24)25)4-5-15(14)27-16/h1-8H,9H2/b11-6-. The largest absolute Gasteiger partial charge is 0.436 e. The fraction of sp³-hybridized carbons (Fsp3) is 0.167. The molecule has 0 N–H and O–H groups in total. The molecular weight excluding hydrogens is 440 g/mol. The lowest BCUT2D eigenvalue weighted by Crippen LogP contribution is -2.04. The van der Waals surface area contributed by atoms with Gasteiger partial charge in [0.05, 0.1) is 11.1 Å². The third kappa shape index (κ3) is 4.35. The van der Waals surface area contributed by atoms with E-state index in [-0.39, 0.29) is 27.9 Å². The number of halogens is 7. The minimum absolute atomic E-state index is 0.00992. The molecule has 0 aliphatic carbocycles. The highest BCUT2D eigenvalue weighted by Crippen LogP contribution is 2.33. The average molecular weight is 450 g/mol. The number of nitrogens with zero attached hydrogens (tertiary/aromatic N) is 1. The van der Waals surface area contributed by atoms with Crippen LogP contribution in [0.25, 0.3) is 22.7 Å². The number of fused-ring (bicyclic) bond motifs is 1. The summed E-state index contributed by atoms with van der Waals surface area (Å²) in [5.74, 6) is 0.0265. The summed E-state index contributed by atoms with van der Waals surface area (Å²) in [7, 11) is 0. The second-order valence-electron chi connectivity index (χ2n) is 5.63. The van der Waals surface area contributed by atoms with Crippen LogP contribution in [0.4, 0.5) is 26.3 Å². The Bertz CT molecular complexity index is 1000. The molecule has 2 nitrogen and oxygen atoms in total. The third-order valence-corrected chi connectivity index (χ3v) is 4.29. The van der Waals surface area contributed by atoms with Crippen LogP contribution in [-0.2, 0) is 12.4 Å². The smallest absolute Gasteiger partial charge is 0.416 e. The van der Waals surface area contributed by atoms with E-state index in [2.05, 4.69) is 20.9 Å². The molecule has 0 unspecified atom stereocenters. The van der Waals surface area contributed by atoms with Gasteiger partial charge in [0.1, 0.15) is 5.52 Å². The molecule has 9 heteroatoms. The summed E-state index contributed by atoms with van der Waals surface area (Å²) in [5.41, 5.74) is -0.865. The first-order valence-corrected chi connectivity index (χ1v) is 8.62. The van der Waals surface area contributed by atoms with Crippen LogP contribution in [-0.4, -0.2) is 10.3 Å². The van der Waals surface area contributed by atoms with Crippen LogP contribution < -0.4 is 0 Å². The molecule has 1 aromatic heterocycles. The summed E-state index contributed by atoms with van der Waals surface area (Å²) in [6.07, 6.45) is -7.57. The van der Waals surface area contributed by atoms with Gasteiger partial charge < -0.3 is 4.42 Å². The molecule has 0 fully saturated rings. The zero-order valence-electron chi connectivity index (χ0n) is 13.3.